The molecular weight excluding hydrogens is 296 g/mol. The van der Waals surface area contributed by atoms with Crippen molar-refractivity contribution in [3.8, 4) is 11.5 Å². The van der Waals surface area contributed by atoms with Crippen molar-refractivity contribution in [3.05, 3.63) is 58.6 Å². The van der Waals surface area contributed by atoms with E-state index >= 15 is 0 Å². The van der Waals surface area contributed by atoms with Gasteiger partial charge in [-0.1, -0.05) is 30.7 Å². The number of nitrogens with two attached hydrogens (primary N) is 1. The molecule has 0 aliphatic rings. The number of benzene rings is 2. The fourth-order valence-corrected chi connectivity index (χ4v) is 2.09. The van der Waals surface area contributed by atoms with Gasteiger partial charge in [0.2, 0.25) is 0 Å². The molecule has 0 amide bonds. The molecule has 1 unspecified atom stereocenters. The first-order chi connectivity index (χ1) is 10.0. The summed E-state index contributed by atoms with van der Waals surface area (Å²) < 4.78 is 33.3. The van der Waals surface area contributed by atoms with Crippen LogP contribution in [0.1, 0.15) is 18.9 Å². The van der Waals surface area contributed by atoms with Crippen molar-refractivity contribution < 1.29 is 13.5 Å². The van der Waals surface area contributed by atoms with E-state index in [-0.39, 0.29) is 16.8 Å². The SMILES string of the molecule is CCC(N)Cc1cc(F)c(Oc2ccccc2Cl)c(F)c1. The largest absolute Gasteiger partial charge is 0.450 e. The third kappa shape index (κ3) is 3.93. The molecule has 0 aliphatic heterocycles. The maximum atomic E-state index is 14.0. The standard InChI is InChI=1S/C16H16ClF2NO/c1-2-11(20)7-10-8-13(18)16(14(19)9-10)21-15-6-4-3-5-12(15)17/h3-6,8-9,11H,2,7,20H2,1H3. The number of para-hydroxylation sites is 1. The molecule has 0 radical (unpaired) electrons. The second kappa shape index (κ2) is 6.87. The van der Waals surface area contributed by atoms with Gasteiger partial charge in [-0.2, -0.15) is 0 Å². The van der Waals surface area contributed by atoms with Crippen molar-refractivity contribution >= 4 is 11.6 Å². The van der Waals surface area contributed by atoms with E-state index in [1.807, 2.05) is 6.92 Å². The van der Waals surface area contributed by atoms with Crippen LogP contribution in [0.3, 0.4) is 0 Å². The normalized spacial score (nSPS) is 12.2. The first-order valence-corrected chi connectivity index (χ1v) is 7.05. The first kappa shape index (κ1) is 15.7. The molecule has 0 saturated heterocycles. The van der Waals surface area contributed by atoms with Crippen LogP contribution >= 0.6 is 11.6 Å². The number of halogens is 3. The fraction of sp³-hybridized carbons (Fsp3) is 0.250. The lowest BCUT2D eigenvalue weighted by Gasteiger charge is -2.12. The fourth-order valence-electron chi connectivity index (χ4n) is 1.91. The zero-order valence-electron chi connectivity index (χ0n) is 11.6. The Labute approximate surface area is 127 Å². The summed E-state index contributed by atoms with van der Waals surface area (Å²) in [7, 11) is 0. The minimum atomic E-state index is -0.770. The summed E-state index contributed by atoms with van der Waals surface area (Å²) in [6.07, 6.45) is 1.15. The summed E-state index contributed by atoms with van der Waals surface area (Å²) in [5.74, 6) is -1.80. The van der Waals surface area contributed by atoms with E-state index in [2.05, 4.69) is 0 Å². The van der Waals surface area contributed by atoms with Crippen LogP contribution in [0.4, 0.5) is 8.78 Å². The van der Waals surface area contributed by atoms with E-state index in [1.165, 1.54) is 12.1 Å². The highest BCUT2D eigenvalue weighted by Gasteiger charge is 2.16. The highest BCUT2D eigenvalue weighted by molar-refractivity contribution is 6.32. The van der Waals surface area contributed by atoms with E-state index in [4.69, 9.17) is 22.1 Å². The first-order valence-electron chi connectivity index (χ1n) is 6.67. The Morgan fingerprint density at radius 2 is 1.81 bits per heavy atom. The zero-order valence-corrected chi connectivity index (χ0v) is 12.3. The Morgan fingerprint density at radius 1 is 1.19 bits per heavy atom. The summed E-state index contributed by atoms with van der Waals surface area (Å²) in [6, 6.07) is 8.86. The molecule has 112 valence electrons. The van der Waals surface area contributed by atoms with Gasteiger partial charge in [0.1, 0.15) is 5.75 Å². The van der Waals surface area contributed by atoms with Gasteiger partial charge in [0.05, 0.1) is 5.02 Å². The predicted octanol–water partition coefficient (Wildman–Crippen LogP) is 4.69. The van der Waals surface area contributed by atoms with Gasteiger partial charge >= 0.3 is 0 Å². The quantitative estimate of drug-likeness (QED) is 0.869. The van der Waals surface area contributed by atoms with Crippen LogP contribution in [-0.2, 0) is 6.42 Å². The van der Waals surface area contributed by atoms with Crippen molar-refractivity contribution in [2.45, 2.75) is 25.8 Å². The highest BCUT2D eigenvalue weighted by Crippen LogP contribution is 2.33. The molecule has 21 heavy (non-hydrogen) atoms. The Hall–Kier alpha value is -1.65. The summed E-state index contributed by atoms with van der Waals surface area (Å²) in [5, 5.41) is 0.286. The number of rotatable bonds is 5. The molecule has 0 spiro atoms. The van der Waals surface area contributed by atoms with Crippen molar-refractivity contribution in [1.29, 1.82) is 0 Å². The van der Waals surface area contributed by atoms with Crippen LogP contribution in [0.25, 0.3) is 0 Å². The van der Waals surface area contributed by atoms with Crippen molar-refractivity contribution in [2.24, 2.45) is 5.73 Å². The molecule has 5 heteroatoms. The van der Waals surface area contributed by atoms with Crippen LogP contribution in [0, 0.1) is 11.6 Å². The predicted molar refractivity (Wildman–Crippen MR) is 79.9 cm³/mol. The number of hydrogen-bond acceptors (Lipinski definition) is 2. The summed E-state index contributed by atoms with van der Waals surface area (Å²) in [4.78, 5) is 0. The molecule has 0 bridgehead atoms. The molecule has 0 saturated carbocycles. The van der Waals surface area contributed by atoms with E-state index in [0.717, 1.165) is 6.42 Å². The van der Waals surface area contributed by atoms with Crippen LogP contribution in [0.5, 0.6) is 11.5 Å². The minimum absolute atomic E-state index is 0.126. The Kier molecular flexibility index (Phi) is 5.15. The van der Waals surface area contributed by atoms with Gasteiger partial charge in [-0.15, -0.1) is 0 Å². The molecule has 0 heterocycles. The van der Waals surface area contributed by atoms with Gasteiger partial charge < -0.3 is 10.5 Å². The topological polar surface area (TPSA) is 35.2 Å². The second-order valence-corrected chi connectivity index (χ2v) is 5.20. The van der Waals surface area contributed by atoms with E-state index in [0.29, 0.717) is 12.0 Å². The van der Waals surface area contributed by atoms with Gasteiger partial charge in [-0.25, -0.2) is 8.78 Å². The van der Waals surface area contributed by atoms with Crippen molar-refractivity contribution in [2.75, 3.05) is 0 Å². The van der Waals surface area contributed by atoms with Crippen molar-refractivity contribution in [1.82, 2.24) is 0 Å². The molecule has 2 aromatic rings. The number of ether oxygens (including phenoxy) is 1. The smallest absolute Gasteiger partial charge is 0.198 e. The molecule has 2 rings (SSSR count). The van der Waals surface area contributed by atoms with E-state index in [1.54, 1.807) is 24.3 Å². The van der Waals surface area contributed by atoms with Gasteiger partial charge in [-0.3, -0.25) is 0 Å². The molecular formula is C16H16ClF2NO. The molecule has 1 atom stereocenters. The molecule has 0 aromatic heterocycles. The van der Waals surface area contributed by atoms with Crippen LogP contribution in [0.15, 0.2) is 36.4 Å². The lowest BCUT2D eigenvalue weighted by molar-refractivity contribution is 0.406. The third-order valence-electron chi connectivity index (χ3n) is 3.13. The average Bonchev–Trinajstić information content (AvgIpc) is 2.44. The summed E-state index contributed by atoms with van der Waals surface area (Å²) >= 11 is 5.91. The summed E-state index contributed by atoms with van der Waals surface area (Å²) in [5.41, 5.74) is 6.30. The Balaban J connectivity index is 2.27. The van der Waals surface area contributed by atoms with Crippen LogP contribution < -0.4 is 10.5 Å². The minimum Gasteiger partial charge on any atom is -0.450 e. The molecule has 0 aliphatic carbocycles. The highest BCUT2D eigenvalue weighted by atomic mass is 35.5. The molecule has 2 N–H and O–H groups in total. The lowest BCUT2D eigenvalue weighted by Crippen LogP contribution is -2.21. The van der Waals surface area contributed by atoms with E-state index < -0.39 is 17.4 Å². The Morgan fingerprint density at radius 3 is 2.38 bits per heavy atom. The average molecular weight is 312 g/mol. The van der Waals surface area contributed by atoms with Gasteiger partial charge in [0.25, 0.3) is 0 Å². The maximum absolute atomic E-state index is 14.0. The van der Waals surface area contributed by atoms with Crippen molar-refractivity contribution in [3.63, 3.8) is 0 Å². The van der Waals surface area contributed by atoms with Crippen LogP contribution in [-0.4, -0.2) is 6.04 Å². The monoisotopic (exact) mass is 311 g/mol. The third-order valence-corrected chi connectivity index (χ3v) is 3.44. The second-order valence-electron chi connectivity index (χ2n) is 4.79. The molecule has 0 fully saturated rings. The van der Waals surface area contributed by atoms with Gasteiger partial charge in [0.15, 0.2) is 17.4 Å². The number of hydrogen-bond donors (Lipinski definition) is 1. The van der Waals surface area contributed by atoms with E-state index in [9.17, 15) is 8.78 Å². The van der Waals surface area contributed by atoms with Gasteiger partial charge in [-0.05, 0) is 42.7 Å². The van der Waals surface area contributed by atoms with Crippen LogP contribution in [0.2, 0.25) is 5.02 Å². The Bertz CT molecular complexity index is 610. The maximum Gasteiger partial charge on any atom is 0.198 e. The lowest BCUT2D eigenvalue weighted by atomic mass is 10.0. The molecule has 2 nitrogen and oxygen atoms in total. The summed E-state index contributed by atoms with van der Waals surface area (Å²) in [6.45, 7) is 1.92. The molecule has 2 aromatic carbocycles. The van der Waals surface area contributed by atoms with Gasteiger partial charge in [0, 0.05) is 6.04 Å². The zero-order chi connectivity index (χ0) is 15.4.